The number of thiophene rings is 1. The third-order valence-electron chi connectivity index (χ3n) is 3.33. The van der Waals surface area contributed by atoms with Crippen LogP contribution in [-0.4, -0.2) is 15.9 Å². The number of nitrogens with zero attached hydrogens (tertiary/aromatic N) is 2. The van der Waals surface area contributed by atoms with Crippen LogP contribution in [0.4, 0.5) is 10.7 Å². The van der Waals surface area contributed by atoms with Gasteiger partial charge in [-0.05, 0) is 42.4 Å². The summed E-state index contributed by atoms with van der Waals surface area (Å²) in [7, 11) is 0. The SMILES string of the molecule is Cc1ccccc1N1C(=O)C(=Cc2csc([N+](=O)[O-])c2)NC1=S. The van der Waals surface area contributed by atoms with E-state index in [1.54, 1.807) is 11.5 Å². The summed E-state index contributed by atoms with van der Waals surface area (Å²) in [6.07, 6.45) is 1.57. The smallest absolute Gasteiger partial charge is 0.324 e. The zero-order chi connectivity index (χ0) is 16.6. The Morgan fingerprint density at radius 1 is 1.39 bits per heavy atom. The first kappa shape index (κ1) is 15.3. The number of carbonyl (C=O) groups excluding carboxylic acids is 1. The second-order valence-electron chi connectivity index (χ2n) is 4.89. The monoisotopic (exact) mass is 345 g/mol. The van der Waals surface area contributed by atoms with Crippen LogP contribution in [0.2, 0.25) is 0 Å². The summed E-state index contributed by atoms with van der Waals surface area (Å²) >= 11 is 6.26. The lowest BCUT2D eigenvalue weighted by molar-refractivity contribution is -0.380. The van der Waals surface area contributed by atoms with Gasteiger partial charge in [0.05, 0.1) is 10.6 Å². The largest absolute Gasteiger partial charge is 0.327 e. The van der Waals surface area contributed by atoms with E-state index in [0.29, 0.717) is 16.4 Å². The van der Waals surface area contributed by atoms with Gasteiger partial charge in [-0.15, -0.1) is 0 Å². The van der Waals surface area contributed by atoms with E-state index in [1.165, 1.54) is 11.0 Å². The highest BCUT2D eigenvalue weighted by atomic mass is 32.1. The van der Waals surface area contributed by atoms with Crippen molar-refractivity contribution >= 4 is 51.3 Å². The molecule has 1 fully saturated rings. The Morgan fingerprint density at radius 3 is 2.78 bits per heavy atom. The Bertz CT molecular complexity index is 857. The molecule has 2 heterocycles. The molecule has 0 bridgehead atoms. The summed E-state index contributed by atoms with van der Waals surface area (Å²) < 4.78 is 0. The number of nitrogens with one attached hydrogen (secondary N) is 1. The van der Waals surface area contributed by atoms with Gasteiger partial charge in [0.1, 0.15) is 5.70 Å². The predicted molar refractivity (Wildman–Crippen MR) is 93.3 cm³/mol. The van der Waals surface area contributed by atoms with Crippen molar-refractivity contribution in [3.63, 3.8) is 0 Å². The summed E-state index contributed by atoms with van der Waals surface area (Å²) in [6, 6.07) is 8.86. The second kappa shape index (κ2) is 5.90. The molecule has 1 aliphatic heterocycles. The van der Waals surface area contributed by atoms with Crippen LogP contribution in [0, 0.1) is 17.0 Å². The first-order valence-corrected chi connectivity index (χ1v) is 7.92. The van der Waals surface area contributed by atoms with E-state index < -0.39 is 4.92 Å². The van der Waals surface area contributed by atoms with Crippen molar-refractivity contribution in [2.45, 2.75) is 6.92 Å². The number of thiocarbonyl (C=S) groups is 1. The summed E-state index contributed by atoms with van der Waals surface area (Å²) in [5, 5.41) is 15.5. The molecule has 1 amide bonds. The van der Waals surface area contributed by atoms with Crippen LogP contribution < -0.4 is 10.2 Å². The van der Waals surface area contributed by atoms with E-state index in [-0.39, 0.29) is 10.9 Å². The molecular formula is C15H11N3O3S2. The zero-order valence-corrected chi connectivity index (χ0v) is 13.6. The molecule has 8 heteroatoms. The second-order valence-corrected chi connectivity index (χ2v) is 6.17. The normalized spacial score (nSPS) is 16.0. The molecule has 0 saturated carbocycles. The zero-order valence-electron chi connectivity index (χ0n) is 12.0. The van der Waals surface area contributed by atoms with Crippen LogP contribution in [0.1, 0.15) is 11.1 Å². The predicted octanol–water partition coefficient (Wildman–Crippen LogP) is 3.23. The number of amides is 1. The number of hydrogen-bond donors (Lipinski definition) is 1. The third kappa shape index (κ3) is 2.86. The molecule has 6 nitrogen and oxygen atoms in total. The first-order chi connectivity index (χ1) is 11.0. The third-order valence-corrected chi connectivity index (χ3v) is 4.51. The maximum absolute atomic E-state index is 12.6. The molecule has 1 aromatic heterocycles. The Balaban J connectivity index is 1.93. The summed E-state index contributed by atoms with van der Waals surface area (Å²) in [5.41, 5.74) is 2.53. The molecule has 0 atom stereocenters. The van der Waals surface area contributed by atoms with Crippen molar-refractivity contribution < 1.29 is 9.72 Å². The number of benzene rings is 1. The molecule has 0 unspecified atom stereocenters. The van der Waals surface area contributed by atoms with E-state index in [9.17, 15) is 14.9 Å². The number of aryl methyl sites for hydroxylation is 1. The Hall–Kier alpha value is -2.58. The maximum atomic E-state index is 12.6. The van der Waals surface area contributed by atoms with E-state index >= 15 is 0 Å². The van der Waals surface area contributed by atoms with Crippen LogP contribution >= 0.6 is 23.6 Å². The Labute approximate surface area is 141 Å². The molecule has 116 valence electrons. The molecule has 1 aromatic carbocycles. The van der Waals surface area contributed by atoms with Gasteiger partial charge in [-0.25, -0.2) is 0 Å². The first-order valence-electron chi connectivity index (χ1n) is 6.63. The minimum atomic E-state index is -0.458. The number of rotatable bonds is 3. The minimum Gasteiger partial charge on any atom is -0.327 e. The molecule has 1 N–H and O–H groups in total. The van der Waals surface area contributed by atoms with E-state index in [2.05, 4.69) is 5.32 Å². The topological polar surface area (TPSA) is 75.5 Å². The molecule has 2 aromatic rings. The van der Waals surface area contributed by atoms with Gasteiger partial charge >= 0.3 is 5.00 Å². The van der Waals surface area contributed by atoms with Crippen LogP contribution in [0.3, 0.4) is 0 Å². The number of para-hydroxylation sites is 1. The highest BCUT2D eigenvalue weighted by Gasteiger charge is 2.32. The van der Waals surface area contributed by atoms with E-state index in [4.69, 9.17) is 12.2 Å². The average Bonchev–Trinajstić information content (AvgIpc) is 3.07. The average molecular weight is 345 g/mol. The molecule has 0 spiro atoms. The minimum absolute atomic E-state index is 0.0284. The highest BCUT2D eigenvalue weighted by Crippen LogP contribution is 2.28. The van der Waals surface area contributed by atoms with Crippen molar-refractivity contribution in [3.05, 3.63) is 62.7 Å². The molecule has 0 radical (unpaired) electrons. The van der Waals surface area contributed by atoms with Crippen molar-refractivity contribution in [2.75, 3.05) is 4.90 Å². The van der Waals surface area contributed by atoms with Gasteiger partial charge in [0.2, 0.25) is 0 Å². The standard InChI is InChI=1S/C15H11N3O3S2/c1-9-4-2-3-5-12(9)17-14(19)11(16-15(17)22)6-10-7-13(18(20)21)23-8-10/h2-8H,1H3,(H,16,22). The lowest BCUT2D eigenvalue weighted by Gasteiger charge is -2.16. The summed E-state index contributed by atoms with van der Waals surface area (Å²) in [5.74, 6) is -0.279. The number of anilines is 1. The van der Waals surface area contributed by atoms with Crippen LogP contribution in [-0.2, 0) is 4.79 Å². The molecule has 23 heavy (non-hydrogen) atoms. The van der Waals surface area contributed by atoms with Gasteiger partial charge in [0.15, 0.2) is 5.11 Å². The van der Waals surface area contributed by atoms with Crippen molar-refractivity contribution in [3.8, 4) is 0 Å². The summed E-state index contributed by atoms with van der Waals surface area (Å²) in [6.45, 7) is 1.90. The molecule has 1 aliphatic rings. The maximum Gasteiger partial charge on any atom is 0.324 e. The molecule has 3 rings (SSSR count). The Kier molecular flexibility index (Phi) is 3.93. The lowest BCUT2D eigenvalue weighted by atomic mass is 10.2. The fraction of sp³-hybridized carbons (Fsp3) is 0.0667. The fourth-order valence-corrected chi connectivity index (χ4v) is 3.22. The summed E-state index contributed by atoms with van der Waals surface area (Å²) in [4.78, 5) is 24.3. The van der Waals surface area contributed by atoms with Crippen LogP contribution in [0.25, 0.3) is 6.08 Å². The number of nitro groups is 1. The Morgan fingerprint density at radius 2 is 2.13 bits per heavy atom. The fourth-order valence-electron chi connectivity index (χ4n) is 2.25. The molecule has 1 saturated heterocycles. The number of carbonyl (C=O) groups is 1. The quantitative estimate of drug-likeness (QED) is 0.400. The van der Waals surface area contributed by atoms with Crippen molar-refractivity contribution in [1.82, 2.24) is 5.32 Å². The van der Waals surface area contributed by atoms with E-state index in [0.717, 1.165) is 22.6 Å². The van der Waals surface area contributed by atoms with Crippen LogP contribution in [0.5, 0.6) is 0 Å². The van der Waals surface area contributed by atoms with Crippen LogP contribution in [0.15, 0.2) is 41.4 Å². The molecule has 0 aliphatic carbocycles. The van der Waals surface area contributed by atoms with Gasteiger partial charge < -0.3 is 5.32 Å². The van der Waals surface area contributed by atoms with Crippen molar-refractivity contribution in [1.29, 1.82) is 0 Å². The van der Waals surface area contributed by atoms with Gasteiger partial charge in [-0.3, -0.25) is 19.8 Å². The number of hydrogen-bond acceptors (Lipinski definition) is 5. The highest BCUT2D eigenvalue weighted by molar-refractivity contribution is 7.80. The van der Waals surface area contributed by atoms with Crippen molar-refractivity contribution in [2.24, 2.45) is 0 Å². The lowest BCUT2D eigenvalue weighted by Crippen LogP contribution is -2.30. The van der Waals surface area contributed by atoms with Gasteiger partial charge in [-0.1, -0.05) is 29.5 Å². The van der Waals surface area contributed by atoms with Gasteiger partial charge in [-0.2, -0.15) is 0 Å². The molecular weight excluding hydrogens is 334 g/mol. The van der Waals surface area contributed by atoms with Gasteiger partial charge in [0, 0.05) is 11.4 Å². The van der Waals surface area contributed by atoms with E-state index in [1.807, 2.05) is 31.2 Å². The van der Waals surface area contributed by atoms with Gasteiger partial charge in [0.25, 0.3) is 5.91 Å².